The summed E-state index contributed by atoms with van der Waals surface area (Å²) in [5.74, 6) is 0. The normalized spacial score (nSPS) is 19.2. The van der Waals surface area contributed by atoms with Crippen molar-refractivity contribution in [3.8, 4) is 0 Å². The number of nitrogens with two attached hydrogens (primary N) is 1. The van der Waals surface area contributed by atoms with Crippen LogP contribution in [0, 0.1) is 0 Å². The van der Waals surface area contributed by atoms with E-state index in [9.17, 15) is 0 Å². The zero-order valence-electron chi connectivity index (χ0n) is 11.0. The molecule has 3 heteroatoms. The van der Waals surface area contributed by atoms with Gasteiger partial charge in [0.05, 0.1) is 11.7 Å². The molecule has 0 atom stereocenters. The maximum atomic E-state index is 6.11. The molecule has 0 bridgehead atoms. The van der Waals surface area contributed by atoms with E-state index in [1.807, 2.05) is 17.9 Å². The van der Waals surface area contributed by atoms with Gasteiger partial charge in [-0.25, -0.2) is 0 Å². The summed E-state index contributed by atoms with van der Waals surface area (Å²) in [5.41, 5.74) is 8.93. The molecule has 0 amide bonds. The third-order valence-corrected chi connectivity index (χ3v) is 4.56. The van der Waals surface area contributed by atoms with Gasteiger partial charge < -0.3 is 5.73 Å². The van der Waals surface area contributed by atoms with E-state index >= 15 is 0 Å². The van der Waals surface area contributed by atoms with Crippen molar-refractivity contribution >= 4 is 10.9 Å². The average molecular weight is 243 g/mol. The van der Waals surface area contributed by atoms with Gasteiger partial charge in [0.2, 0.25) is 0 Å². The zero-order chi connectivity index (χ0) is 12.6. The minimum atomic E-state index is 0.205. The summed E-state index contributed by atoms with van der Waals surface area (Å²) in [6, 6.07) is 6.73. The Morgan fingerprint density at radius 1 is 1.28 bits per heavy atom. The minimum absolute atomic E-state index is 0.205. The monoisotopic (exact) mass is 243 g/mol. The van der Waals surface area contributed by atoms with Crippen LogP contribution in [0.5, 0.6) is 0 Å². The maximum absolute atomic E-state index is 6.11. The second-order valence-corrected chi connectivity index (χ2v) is 5.59. The highest BCUT2D eigenvalue weighted by molar-refractivity contribution is 5.79. The SMILES string of the molecule is Cn1ncc2ccc(C3(CN)CCCCC3)cc21. The van der Waals surface area contributed by atoms with Crippen LogP contribution in [0.4, 0.5) is 0 Å². The van der Waals surface area contributed by atoms with Gasteiger partial charge in [0.15, 0.2) is 0 Å². The molecule has 2 N–H and O–H groups in total. The molecule has 1 aliphatic rings. The van der Waals surface area contributed by atoms with Gasteiger partial charge in [-0.3, -0.25) is 4.68 Å². The van der Waals surface area contributed by atoms with E-state index in [0.29, 0.717) is 0 Å². The zero-order valence-corrected chi connectivity index (χ0v) is 11.0. The number of rotatable bonds is 2. The van der Waals surface area contributed by atoms with Crippen LogP contribution in [0.1, 0.15) is 37.7 Å². The molecule has 1 fully saturated rings. The minimum Gasteiger partial charge on any atom is -0.330 e. The quantitative estimate of drug-likeness (QED) is 0.881. The van der Waals surface area contributed by atoms with E-state index in [1.165, 1.54) is 48.6 Å². The van der Waals surface area contributed by atoms with Crippen molar-refractivity contribution in [2.45, 2.75) is 37.5 Å². The number of hydrogen-bond acceptors (Lipinski definition) is 2. The Hall–Kier alpha value is -1.35. The van der Waals surface area contributed by atoms with Gasteiger partial charge in [-0.1, -0.05) is 31.4 Å². The summed E-state index contributed by atoms with van der Waals surface area (Å²) < 4.78 is 1.95. The molecule has 3 nitrogen and oxygen atoms in total. The van der Waals surface area contributed by atoms with Gasteiger partial charge in [0.1, 0.15) is 0 Å². The summed E-state index contributed by atoms with van der Waals surface area (Å²) in [6.45, 7) is 0.760. The molecule has 0 unspecified atom stereocenters. The van der Waals surface area contributed by atoms with E-state index in [2.05, 4.69) is 23.3 Å². The lowest BCUT2D eigenvalue weighted by Crippen LogP contribution is -2.37. The molecule has 96 valence electrons. The summed E-state index contributed by atoms with van der Waals surface area (Å²) in [6.07, 6.45) is 8.35. The lowest BCUT2D eigenvalue weighted by Gasteiger charge is -2.36. The third kappa shape index (κ3) is 1.74. The van der Waals surface area contributed by atoms with Gasteiger partial charge >= 0.3 is 0 Å². The number of benzene rings is 1. The average Bonchev–Trinajstić information content (AvgIpc) is 2.81. The molecule has 0 aliphatic heterocycles. The van der Waals surface area contributed by atoms with Crippen molar-refractivity contribution in [3.63, 3.8) is 0 Å². The van der Waals surface area contributed by atoms with Crippen molar-refractivity contribution in [1.29, 1.82) is 0 Å². The van der Waals surface area contributed by atoms with E-state index in [4.69, 9.17) is 5.73 Å². The molecule has 3 rings (SSSR count). The Balaban J connectivity index is 2.08. The highest BCUT2D eigenvalue weighted by Crippen LogP contribution is 2.39. The van der Waals surface area contributed by atoms with Gasteiger partial charge in [0.25, 0.3) is 0 Å². The van der Waals surface area contributed by atoms with Crippen LogP contribution in [0.15, 0.2) is 24.4 Å². The number of aryl methyl sites for hydroxylation is 1. The summed E-state index contributed by atoms with van der Waals surface area (Å²) in [7, 11) is 2.00. The van der Waals surface area contributed by atoms with E-state index < -0.39 is 0 Å². The third-order valence-electron chi connectivity index (χ3n) is 4.56. The van der Waals surface area contributed by atoms with Crippen LogP contribution < -0.4 is 5.73 Å². The summed E-state index contributed by atoms with van der Waals surface area (Å²) in [5, 5.41) is 5.53. The Labute approximate surface area is 108 Å². The highest BCUT2D eigenvalue weighted by atomic mass is 15.2. The van der Waals surface area contributed by atoms with Crippen LogP contribution in [-0.2, 0) is 12.5 Å². The fourth-order valence-corrected chi connectivity index (χ4v) is 3.31. The summed E-state index contributed by atoms with van der Waals surface area (Å²) >= 11 is 0. The lowest BCUT2D eigenvalue weighted by molar-refractivity contribution is 0.301. The number of aromatic nitrogens is 2. The number of hydrogen-bond donors (Lipinski definition) is 1. The van der Waals surface area contributed by atoms with E-state index in [1.54, 1.807) is 0 Å². The first-order valence-electron chi connectivity index (χ1n) is 6.87. The summed E-state index contributed by atoms with van der Waals surface area (Å²) in [4.78, 5) is 0. The molecule has 0 spiro atoms. The molecule has 0 radical (unpaired) electrons. The fraction of sp³-hybridized carbons (Fsp3) is 0.533. The fourth-order valence-electron chi connectivity index (χ4n) is 3.31. The Morgan fingerprint density at radius 2 is 2.06 bits per heavy atom. The van der Waals surface area contributed by atoms with Crippen molar-refractivity contribution in [2.24, 2.45) is 12.8 Å². The van der Waals surface area contributed by atoms with Gasteiger partial charge in [-0.15, -0.1) is 0 Å². The van der Waals surface area contributed by atoms with Crippen molar-refractivity contribution in [3.05, 3.63) is 30.0 Å². The van der Waals surface area contributed by atoms with Gasteiger partial charge in [0, 0.05) is 24.4 Å². The predicted octanol–water partition coefficient (Wildman–Crippen LogP) is 2.73. The molecule has 1 aromatic heterocycles. The lowest BCUT2D eigenvalue weighted by atomic mass is 9.69. The molecular formula is C15H21N3. The Kier molecular flexibility index (Phi) is 2.86. The molecule has 18 heavy (non-hydrogen) atoms. The first-order valence-corrected chi connectivity index (χ1v) is 6.87. The largest absolute Gasteiger partial charge is 0.330 e. The smallest absolute Gasteiger partial charge is 0.0682 e. The second kappa shape index (κ2) is 4.39. The van der Waals surface area contributed by atoms with E-state index in [-0.39, 0.29) is 5.41 Å². The van der Waals surface area contributed by atoms with E-state index in [0.717, 1.165) is 6.54 Å². The highest BCUT2D eigenvalue weighted by Gasteiger charge is 2.32. The molecule has 1 saturated carbocycles. The molecule has 1 aromatic carbocycles. The Morgan fingerprint density at radius 3 is 2.78 bits per heavy atom. The number of nitrogens with zero attached hydrogens (tertiary/aromatic N) is 2. The van der Waals surface area contributed by atoms with Crippen LogP contribution >= 0.6 is 0 Å². The first kappa shape index (κ1) is 11.7. The van der Waals surface area contributed by atoms with Crippen LogP contribution in [0.25, 0.3) is 10.9 Å². The molecule has 1 heterocycles. The van der Waals surface area contributed by atoms with Gasteiger partial charge in [-0.2, -0.15) is 5.10 Å². The molecule has 0 saturated heterocycles. The van der Waals surface area contributed by atoms with Crippen LogP contribution in [0.2, 0.25) is 0 Å². The second-order valence-electron chi connectivity index (χ2n) is 5.59. The predicted molar refractivity (Wildman–Crippen MR) is 74.5 cm³/mol. The van der Waals surface area contributed by atoms with Crippen LogP contribution in [0.3, 0.4) is 0 Å². The molecule has 1 aliphatic carbocycles. The van der Waals surface area contributed by atoms with Crippen LogP contribution in [-0.4, -0.2) is 16.3 Å². The number of fused-ring (bicyclic) bond motifs is 1. The Bertz CT molecular complexity index is 550. The van der Waals surface area contributed by atoms with Gasteiger partial charge in [-0.05, 0) is 24.5 Å². The molecular weight excluding hydrogens is 222 g/mol. The molecule has 2 aromatic rings. The van der Waals surface area contributed by atoms with Crippen molar-refractivity contribution < 1.29 is 0 Å². The maximum Gasteiger partial charge on any atom is 0.0682 e. The van der Waals surface area contributed by atoms with Crippen molar-refractivity contribution in [1.82, 2.24) is 9.78 Å². The first-order chi connectivity index (χ1) is 8.75. The topological polar surface area (TPSA) is 43.8 Å². The van der Waals surface area contributed by atoms with Crippen molar-refractivity contribution in [2.75, 3.05) is 6.54 Å². The standard InChI is InChI=1S/C15H21N3/c1-18-14-9-13(6-5-12(14)10-17-18)15(11-16)7-3-2-4-8-15/h5-6,9-10H,2-4,7-8,11,16H2,1H3.